The second kappa shape index (κ2) is 2.89. The fraction of sp³-hybridized carbons (Fsp3) is 1.00. The second-order valence-electron chi connectivity index (χ2n) is 4.31. The Kier molecular flexibility index (Phi) is 2.07. The number of hydrogen-bond donors (Lipinski definition) is 1. The van der Waals surface area contributed by atoms with Gasteiger partial charge >= 0.3 is 0 Å². The van der Waals surface area contributed by atoms with E-state index in [0.717, 1.165) is 0 Å². The zero-order valence-corrected chi connectivity index (χ0v) is 7.43. The van der Waals surface area contributed by atoms with Gasteiger partial charge < -0.3 is 9.84 Å². The van der Waals surface area contributed by atoms with Crippen LogP contribution in [0.4, 0.5) is 8.78 Å². The lowest BCUT2D eigenvalue weighted by molar-refractivity contribution is -0.241. The molecule has 4 heteroatoms. The first-order valence-electron chi connectivity index (χ1n) is 4.66. The van der Waals surface area contributed by atoms with E-state index in [4.69, 9.17) is 9.84 Å². The van der Waals surface area contributed by atoms with E-state index in [1.54, 1.807) is 0 Å². The molecule has 2 aliphatic heterocycles. The van der Waals surface area contributed by atoms with Crippen molar-refractivity contribution in [3.63, 3.8) is 0 Å². The van der Waals surface area contributed by atoms with Gasteiger partial charge in [-0.25, -0.2) is 8.78 Å². The third kappa shape index (κ3) is 1.27. The number of rotatable bonds is 2. The zero-order valence-electron chi connectivity index (χ0n) is 7.43. The van der Waals surface area contributed by atoms with Crippen LogP contribution < -0.4 is 0 Å². The minimum Gasteiger partial charge on any atom is -0.396 e. The summed E-state index contributed by atoms with van der Waals surface area (Å²) in [6.07, 6.45) is -0.248. The highest BCUT2D eigenvalue weighted by Gasteiger charge is 2.54. The maximum atomic E-state index is 12.6. The zero-order chi connectivity index (χ0) is 9.53. The van der Waals surface area contributed by atoms with E-state index in [2.05, 4.69) is 0 Å². The SMILES string of the molecule is OCC12CCC(C(F)F)(CC1)OC2. The van der Waals surface area contributed by atoms with Crippen LogP contribution in [0.3, 0.4) is 0 Å². The van der Waals surface area contributed by atoms with E-state index >= 15 is 0 Å². The molecule has 2 nitrogen and oxygen atoms in total. The Morgan fingerprint density at radius 3 is 2.15 bits per heavy atom. The largest absolute Gasteiger partial charge is 0.396 e. The molecule has 1 saturated carbocycles. The first-order chi connectivity index (χ1) is 6.13. The van der Waals surface area contributed by atoms with E-state index < -0.39 is 12.0 Å². The summed E-state index contributed by atoms with van der Waals surface area (Å²) in [5.41, 5.74) is -1.40. The third-order valence-corrected chi connectivity index (χ3v) is 3.56. The normalized spacial score (nSPS) is 44.3. The number of ether oxygens (including phenoxy) is 1. The lowest BCUT2D eigenvalue weighted by Crippen LogP contribution is -2.56. The van der Waals surface area contributed by atoms with Crippen LogP contribution in [-0.2, 0) is 4.74 Å². The molecule has 13 heavy (non-hydrogen) atoms. The number of aliphatic hydroxyl groups excluding tert-OH is 1. The third-order valence-electron chi connectivity index (χ3n) is 3.56. The van der Waals surface area contributed by atoms with Gasteiger partial charge in [-0.2, -0.15) is 0 Å². The Hall–Kier alpha value is -0.220. The Bertz CT molecular complexity index is 181. The maximum Gasteiger partial charge on any atom is 0.267 e. The van der Waals surface area contributed by atoms with Crippen molar-refractivity contribution < 1.29 is 18.6 Å². The molecule has 0 aromatic heterocycles. The van der Waals surface area contributed by atoms with Crippen molar-refractivity contribution >= 4 is 0 Å². The first-order valence-corrected chi connectivity index (χ1v) is 4.66. The van der Waals surface area contributed by atoms with Crippen molar-refractivity contribution in [1.82, 2.24) is 0 Å². The Morgan fingerprint density at radius 1 is 1.23 bits per heavy atom. The molecular formula is C9H14F2O2. The van der Waals surface area contributed by atoms with Crippen LogP contribution in [0.25, 0.3) is 0 Å². The fourth-order valence-corrected chi connectivity index (χ4v) is 2.27. The molecule has 0 atom stereocenters. The molecular weight excluding hydrogens is 178 g/mol. The van der Waals surface area contributed by atoms with Crippen molar-refractivity contribution in [2.75, 3.05) is 13.2 Å². The number of aliphatic hydroxyl groups is 1. The molecule has 3 fully saturated rings. The Balaban J connectivity index is 2.11. The molecule has 3 aliphatic rings. The highest BCUT2D eigenvalue weighted by Crippen LogP contribution is 2.50. The standard InChI is InChI=1S/C9H14F2O2/c10-7(11)9-3-1-8(5-12,2-4-9)6-13-9/h7,12H,1-6H2. The summed E-state index contributed by atoms with van der Waals surface area (Å²) >= 11 is 0. The average molecular weight is 192 g/mol. The molecule has 0 amide bonds. The topological polar surface area (TPSA) is 29.5 Å². The molecule has 3 rings (SSSR count). The highest BCUT2D eigenvalue weighted by atomic mass is 19.3. The van der Waals surface area contributed by atoms with Crippen LogP contribution in [0.5, 0.6) is 0 Å². The smallest absolute Gasteiger partial charge is 0.267 e. The Labute approximate surface area is 75.9 Å². The lowest BCUT2D eigenvalue weighted by atomic mass is 9.66. The summed E-state index contributed by atoms with van der Waals surface area (Å²) < 4.78 is 30.5. The van der Waals surface area contributed by atoms with Crippen molar-refractivity contribution in [3.05, 3.63) is 0 Å². The molecule has 76 valence electrons. The van der Waals surface area contributed by atoms with Gasteiger partial charge in [0, 0.05) is 5.41 Å². The number of fused-ring (bicyclic) bond motifs is 3. The molecule has 2 saturated heterocycles. The minimum atomic E-state index is -2.38. The molecule has 0 aromatic rings. The lowest BCUT2D eigenvalue weighted by Gasteiger charge is -2.51. The first kappa shape index (κ1) is 9.34. The predicted octanol–water partition coefficient (Wildman–Crippen LogP) is 1.57. The van der Waals surface area contributed by atoms with Gasteiger partial charge in [-0.3, -0.25) is 0 Å². The quantitative estimate of drug-likeness (QED) is 0.719. The fourth-order valence-electron chi connectivity index (χ4n) is 2.27. The molecule has 0 aromatic carbocycles. The van der Waals surface area contributed by atoms with E-state index in [1.165, 1.54) is 0 Å². The van der Waals surface area contributed by atoms with E-state index in [1.807, 2.05) is 0 Å². The number of halogens is 2. The van der Waals surface area contributed by atoms with Crippen LogP contribution in [0, 0.1) is 5.41 Å². The summed E-state index contributed by atoms with van der Waals surface area (Å²) in [5.74, 6) is 0. The van der Waals surface area contributed by atoms with Crippen molar-refractivity contribution in [2.45, 2.75) is 37.7 Å². The second-order valence-corrected chi connectivity index (χ2v) is 4.31. The van der Waals surface area contributed by atoms with Gasteiger partial charge in [0.25, 0.3) is 6.43 Å². The molecule has 1 aliphatic carbocycles. The number of alkyl halides is 2. The maximum absolute atomic E-state index is 12.6. The molecule has 0 radical (unpaired) electrons. The van der Waals surface area contributed by atoms with E-state index in [0.29, 0.717) is 32.3 Å². The molecule has 1 N–H and O–H groups in total. The van der Waals surface area contributed by atoms with Crippen LogP contribution in [0.15, 0.2) is 0 Å². The summed E-state index contributed by atoms with van der Waals surface area (Å²) in [6, 6.07) is 0. The van der Waals surface area contributed by atoms with Gasteiger partial charge in [0.1, 0.15) is 5.60 Å². The van der Waals surface area contributed by atoms with Gasteiger partial charge in [-0.15, -0.1) is 0 Å². The van der Waals surface area contributed by atoms with Gasteiger partial charge in [0.2, 0.25) is 0 Å². The van der Waals surface area contributed by atoms with E-state index in [9.17, 15) is 8.78 Å². The minimum absolute atomic E-state index is 0.0618. The van der Waals surface area contributed by atoms with Gasteiger partial charge in [-0.1, -0.05) is 0 Å². The molecule has 2 heterocycles. The molecule has 0 spiro atoms. The molecule has 0 unspecified atom stereocenters. The Morgan fingerprint density at radius 2 is 1.85 bits per heavy atom. The predicted molar refractivity (Wildman–Crippen MR) is 42.7 cm³/mol. The van der Waals surface area contributed by atoms with Crippen molar-refractivity contribution in [2.24, 2.45) is 5.41 Å². The monoisotopic (exact) mass is 192 g/mol. The van der Waals surface area contributed by atoms with E-state index in [-0.39, 0.29) is 12.0 Å². The average Bonchev–Trinajstić information content (AvgIpc) is 2.20. The van der Waals surface area contributed by atoms with Crippen molar-refractivity contribution in [3.8, 4) is 0 Å². The number of hydrogen-bond acceptors (Lipinski definition) is 2. The van der Waals surface area contributed by atoms with Crippen LogP contribution >= 0.6 is 0 Å². The van der Waals surface area contributed by atoms with Crippen molar-refractivity contribution in [1.29, 1.82) is 0 Å². The molecule has 2 bridgehead atoms. The van der Waals surface area contributed by atoms with Crippen LogP contribution in [-0.4, -0.2) is 30.3 Å². The highest BCUT2D eigenvalue weighted by molar-refractivity contribution is 5.00. The van der Waals surface area contributed by atoms with Crippen LogP contribution in [0.1, 0.15) is 25.7 Å². The summed E-state index contributed by atoms with van der Waals surface area (Å²) in [6.45, 7) is 0.361. The van der Waals surface area contributed by atoms with Gasteiger partial charge in [0.15, 0.2) is 0 Å². The summed E-state index contributed by atoms with van der Waals surface area (Å²) in [5, 5.41) is 9.12. The summed E-state index contributed by atoms with van der Waals surface area (Å²) in [7, 11) is 0. The van der Waals surface area contributed by atoms with Gasteiger partial charge in [0.05, 0.1) is 13.2 Å². The summed E-state index contributed by atoms with van der Waals surface area (Å²) in [4.78, 5) is 0. The van der Waals surface area contributed by atoms with Crippen LogP contribution in [0.2, 0.25) is 0 Å². The van der Waals surface area contributed by atoms with Gasteiger partial charge in [-0.05, 0) is 25.7 Å².